The summed E-state index contributed by atoms with van der Waals surface area (Å²) in [5.74, 6) is 0. The van der Waals surface area contributed by atoms with Crippen molar-refractivity contribution in [3.8, 4) is 0 Å². The zero-order chi connectivity index (χ0) is 6.69. The van der Waals surface area contributed by atoms with Crippen LogP contribution in [0.1, 0.15) is 12.8 Å². The van der Waals surface area contributed by atoms with Gasteiger partial charge in [-0.2, -0.15) is 0 Å². The molecule has 0 unspecified atom stereocenters. The Balaban J connectivity index is 0. The van der Waals surface area contributed by atoms with Crippen molar-refractivity contribution in [2.24, 2.45) is 0 Å². The Bertz CT molecular complexity index is 183. The summed E-state index contributed by atoms with van der Waals surface area (Å²) in [5, 5.41) is 0. The van der Waals surface area contributed by atoms with E-state index in [2.05, 4.69) is 18.7 Å². The largest absolute Gasteiger partial charge is 0.412 e. The van der Waals surface area contributed by atoms with E-state index in [1.165, 1.54) is 12.0 Å². The van der Waals surface area contributed by atoms with Gasteiger partial charge in [0.1, 0.15) is 0 Å². The molecule has 1 rings (SSSR count). The molecule has 0 bridgehead atoms. The second-order valence-corrected chi connectivity index (χ2v) is 3.82. The molecule has 0 aromatic carbocycles. The molecular weight excluding hydrogens is 312 g/mol. The summed E-state index contributed by atoms with van der Waals surface area (Å²) in [6.07, 6.45) is 8.63. The van der Waals surface area contributed by atoms with Crippen LogP contribution < -0.4 is 0 Å². The third-order valence-electron chi connectivity index (χ3n) is 1.34. The molecule has 63 valence electrons. The Kier molecular flexibility index (Phi) is 7.97. The fraction of sp³-hybridized carbons (Fsp3) is 0.250. The van der Waals surface area contributed by atoms with Gasteiger partial charge in [0.15, 0.2) is 0 Å². The molecule has 0 aromatic rings. The van der Waals surface area contributed by atoms with E-state index in [9.17, 15) is 0 Å². The van der Waals surface area contributed by atoms with Gasteiger partial charge in [-0.3, -0.25) is 0 Å². The van der Waals surface area contributed by atoms with Crippen LogP contribution in [0, 0.1) is 0 Å². The van der Waals surface area contributed by atoms with Gasteiger partial charge in [0, 0.05) is 0 Å². The van der Waals surface area contributed by atoms with Crippen molar-refractivity contribution in [1.82, 2.24) is 0 Å². The van der Waals surface area contributed by atoms with Gasteiger partial charge in [0.05, 0.1) is 0 Å². The van der Waals surface area contributed by atoms with E-state index in [0.717, 1.165) is 6.42 Å². The first-order valence-electron chi connectivity index (χ1n) is 3.01. The van der Waals surface area contributed by atoms with Gasteiger partial charge in [-0.25, -0.2) is 0 Å². The molecule has 0 aromatic heterocycles. The number of allylic oxidation sites excluding steroid dienone is 5. The van der Waals surface area contributed by atoms with E-state index in [1.807, 2.05) is 6.08 Å². The minimum atomic E-state index is 0. The van der Waals surface area contributed by atoms with Crippen molar-refractivity contribution in [1.29, 1.82) is 0 Å². The summed E-state index contributed by atoms with van der Waals surface area (Å²) >= 11 is 1.60. The summed E-state index contributed by atoms with van der Waals surface area (Å²) in [6.45, 7) is 3.70. The third-order valence-corrected chi connectivity index (χ3v) is 2.89. The van der Waals surface area contributed by atoms with E-state index in [1.54, 1.807) is 23.8 Å². The Morgan fingerprint density at radius 1 is 1.55 bits per heavy atom. The van der Waals surface area contributed by atoms with Crippen LogP contribution >= 0.6 is 0 Å². The standard InChI is InChI=1S/C8H9.2H2O.W/c1-2-5-8-6-3-4-7-8;;;/h2-3,6H,1,4-5H2;2*1H2;. The van der Waals surface area contributed by atoms with Gasteiger partial charge in [-0.05, 0) is 0 Å². The summed E-state index contributed by atoms with van der Waals surface area (Å²) in [5.41, 5.74) is 1.49. The van der Waals surface area contributed by atoms with Crippen LogP contribution in [0.5, 0.6) is 0 Å². The van der Waals surface area contributed by atoms with Crippen LogP contribution in [0.4, 0.5) is 0 Å². The van der Waals surface area contributed by atoms with E-state index >= 15 is 0 Å². The topological polar surface area (TPSA) is 63.0 Å². The monoisotopic (exact) mass is 325 g/mol. The second-order valence-electron chi connectivity index (χ2n) is 2.05. The van der Waals surface area contributed by atoms with E-state index in [0.29, 0.717) is 0 Å². The number of rotatable bonds is 2. The molecule has 0 amide bonds. The van der Waals surface area contributed by atoms with Gasteiger partial charge in [0.25, 0.3) is 0 Å². The van der Waals surface area contributed by atoms with Crippen LogP contribution in [-0.2, 0) is 19.8 Å². The first-order valence-corrected chi connectivity index (χ1v) is 4.47. The van der Waals surface area contributed by atoms with Gasteiger partial charge in [-0.15, -0.1) is 0 Å². The molecular formula is C8H13O2W. The average Bonchev–Trinajstić information content (AvgIpc) is 2.18. The molecule has 1 aliphatic carbocycles. The first-order chi connectivity index (χ1) is 4.34. The van der Waals surface area contributed by atoms with Crippen molar-refractivity contribution in [2.45, 2.75) is 12.8 Å². The van der Waals surface area contributed by atoms with Crippen molar-refractivity contribution in [2.75, 3.05) is 0 Å². The molecule has 0 atom stereocenters. The van der Waals surface area contributed by atoms with Crippen LogP contribution in [0.2, 0.25) is 0 Å². The Morgan fingerprint density at radius 2 is 2.18 bits per heavy atom. The normalized spacial score (nSPS) is 13.8. The summed E-state index contributed by atoms with van der Waals surface area (Å²) < 4.78 is 1.58. The molecule has 0 aliphatic heterocycles. The van der Waals surface area contributed by atoms with Crippen LogP contribution in [0.25, 0.3) is 0 Å². The van der Waals surface area contributed by atoms with Gasteiger partial charge >= 0.3 is 67.0 Å². The Hall–Kier alpha value is -0.172. The Labute approximate surface area is 78.2 Å². The number of hydrogen-bond acceptors (Lipinski definition) is 0. The van der Waals surface area contributed by atoms with Gasteiger partial charge in [-0.1, -0.05) is 0 Å². The average molecular weight is 325 g/mol. The van der Waals surface area contributed by atoms with Crippen molar-refractivity contribution < 1.29 is 30.8 Å². The van der Waals surface area contributed by atoms with Crippen molar-refractivity contribution in [3.05, 3.63) is 34.3 Å². The predicted molar refractivity (Wildman–Crippen MR) is 42.8 cm³/mol. The molecule has 0 heterocycles. The fourth-order valence-electron chi connectivity index (χ4n) is 0.870. The molecule has 4 N–H and O–H groups in total. The molecule has 1 aliphatic rings. The summed E-state index contributed by atoms with van der Waals surface area (Å²) in [7, 11) is 0. The van der Waals surface area contributed by atoms with Crippen molar-refractivity contribution in [3.63, 3.8) is 0 Å². The maximum Gasteiger partial charge on any atom is -0.412 e. The van der Waals surface area contributed by atoms with Crippen molar-refractivity contribution >= 4 is 0 Å². The maximum atomic E-state index is 3.70. The molecule has 0 saturated carbocycles. The molecule has 2 nitrogen and oxygen atoms in total. The maximum absolute atomic E-state index is 3.70. The van der Waals surface area contributed by atoms with Gasteiger partial charge < -0.3 is 11.0 Å². The second kappa shape index (κ2) is 6.53. The summed E-state index contributed by atoms with van der Waals surface area (Å²) in [4.78, 5) is 0. The third kappa shape index (κ3) is 3.66. The minimum Gasteiger partial charge on any atom is -0.412 e. The smallest absolute Gasteiger partial charge is 0.412 e. The Morgan fingerprint density at radius 3 is 2.55 bits per heavy atom. The predicted octanol–water partition coefficient (Wildman–Crippen LogP) is 0.674. The first kappa shape index (κ1) is 13.4. The van der Waals surface area contributed by atoms with Crippen LogP contribution in [0.15, 0.2) is 34.3 Å². The summed E-state index contributed by atoms with van der Waals surface area (Å²) in [6, 6.07) is 0. The molecule has 3 heteroatoms. The fourth-order valence-corrected chi connectivity index (χ4v) is 1.76. The van der Waals surface area contributed by atoms with Crippen LogP contribution in [-0.4, -0.2) is 11.0 Å². The molecule has 0 radical (unpaired) electrons. The molecule has 0 saturated heterocycles. The minimum absolute atomic E-state index is 0. The number of hydrogen-bond donors (Lipinski definition) is 0. The van der Waals surface area contributed by atoms with Crippen LogP contribution in [0.3, 0.4) is 0 Å². The molecule has 11 heavy (non-hydrogen) atoms. The SMILES string of the molecule is C=CCC1=[C]([W])CC=C1.O.O. The van der Waals surface area contributed by atoms with Gasteiger partial charge in [0.2, 0.25) is 0 Å². The zero-order valence-electron chi connectivity index (χ0n) is 6.26. The van der Waals surface area contributed by atoms with E-state index < -0.39 is 0 Å². The quantitative estimate of drug-likeness (QED) is 0.670. The molecule has 0 spiro atoms. The van der Waals surface area contributed by atoms with E-state index in [4.69, 9.17) is 0 Å². The van der Waals surface area contributed by atoms with E-state index in [-0.39, 0.29) is 11.0 Å². The molecule has 0 fully saturated rings. The zero-order valence-corrected chi connectivity index (χ0v) is 9.20.